The highest BCUT2D eigenvalue weighted by Gasteiger charge is 3.78. The minimum atomic E-state index is 1.11. The van der Waals surface area contributed by atoms with E-state index >= 15 is 0 Å². The molecule has 0 saturated heterocycles. The Morgan fingerprint density at radius 3 is 0.485 bits per heavy atom. The Balaban J connectivity index is 0.736. The van der Waals surface area contributed by atoms with E-state index < -0.39 is 0 Å². The van der Waals surface area contributed by atoms with Crippen molar-refractivity contribution in [1.29, 1.82) is 0 Å². The number of rotatable bonds is 0. The maximum atomic E-state index is 1.88. The van der Waals surface area contributed by atoms with E-state index in [4.69, 9.17) is 0 Å². The average molecular weight is 827 g/mol. The van der Waals surface area contributed by atoms with Crippen LogP contribution < -0.4 is 0 Å². The molecule has 0 heteroatoms. The molecule has 58 unspecified atom stereocenters. The Hall–Kier alpha value is 0. The van der Waals surface area contributed by atoms with E-state index in [2.05, 4.69) is 0 Å². The van der Waals surface area contributed by atoms with Crippen molar-refractivity contribution in [2.75, 3.05) is 0 Å². The molecule has 0 amide bonds. The van der Waals surface area contributed by atoms with Crippen molar-refractivity contribution in [2.45, 2.75) is 25.7 Å². The first-order chi connectivity index (χ1) is 32.9. The second-order valence-corrected chi connectivity index (χ2v) is 43.8. The van der Waals surface area contributed by atoms with Crippen molar-refractivity contribution in [3.8, 4) is 0 Å². The summed E-state index contributed by atoms with van der Waals surface area (Å²) in [6.07, 6.45) is 7.52. The van der Waals surface area contributed by atoms with Crippen LogP contribution in [0.25, 0.3) is 0 Å². The summed E-state index contributed by atoms with van der Waals surface area (Å²) in [4.78, 5) is 0. The van der Waals surface area contributed by atoms with Gasteiger partial charge in [0.2, 0.25) is 0 Å². The van der Waals surface area contributed by atoms with E-state index in [9.17, 15) is 0 Å². The van der Waals surface area contributed by atoms with Crippen molar-refractivity contribution < 1.29 is 0 Å². The van der Waals surface area contributed by atoms with Crippen molar-refractivity contribution in [1.82, 2.24) is 0 Å². The van der Waals surface area contributed by atoms with Gasteiger partial charge in [-0.1, -0.05) is 0 Å². The monoisotopic (exact) mass is 826 g/mol. The van der Waals surface area contributed by atoms with Gasteiger partial charge < -0.3 is 0 Å². The summed E-state index contributed by atoms with van der Waals surface area (Å²) in [5, 5.41) is 0. The van der Waals surface area contributed by atoms with Gasteiger partial charge in [0.1, 0.15) is 0 Å². The van der Waals surface area contributed by atoms with Crippen LogP contribution in [0.3, 0.4) is 0 Å². The minimum absolute atomic E-state index is 1.11. The Bertz CT molecular complexity index is 4310. The summed E-state index contributed by atoms with van der Waals surface area (Å²) >= 11 is 0. The molecule has 0 aromatic carbocycles. The summed E-state index contributed by atoms with van der Waals surface area (Å²) in [6, 6.07) is 0. The fraction of sp³-hybridized carbons (Fsp3) is 1.00. The highest BCUT2D eigenvalue weighted by atomic mass is 15.8. The van der Waals surface area contributed by atoms with Crippen LogP contribution in [0.4, 0.5) is 0 Å². The standard InChI is InChI=1S/C66H34/c1-5-13-14-6-2-10-18-23-27-30-28-24-20-12-4-8-16-15-7-3-11-19-22-26-29-25-21-17-9(1)31(5)35(13)36(14)32(6,10)40(18)44(23)49(27)52(30)50(28)46(24)42(20)34(8,12)38(16)37(15)33(7,11)41(19)45(22)48(26)51(29)47(25)43(21)39(17,31)53(35)54(36,40)58(44)57(43,53)61(47)62(49,58)66(52)64(50)60(46)56(38,42)55(37,41)59(45,60)63(48,64)65(51,61)66/h5-30H,1-4H2/t5?,6?,7?,8?,9?,10?,11?,12?,13?,14?,15?,16?,17?,18?,19?,20?,21?,22?,23?,24?,25-,26?,27?,28?,29?,30?,31?,32?,33?,34?,35?,36?,37?,38?,39?,40?,41?,42?,43?,44?,45?,46?,47-,48?,49+,50?,51?,52?,53?,54?,55?,56?,57?,58?,59?,60?,61+,62?,63?,64?,65?,66?/m0/s1. The third kappa shape index (κ3) is 0.406. The number of fused-ring (bicyclic) bond motifs is 22. The molecule has 298 valence electrons. The maximum Gasteiger partial charge on any atom is -0.000370 e. The predicted octanol–water partition coefficient (Wildman–Crippen LogP) is 4.76. The van der Waals surface area contributed by atoms with Gasteiger partial charge in [-0.25, -0.2) is 0 Å². The van der Waals surface area contributed by atoms with E-state index in [1.165, 1.54) is 165 Å². The fourth-order valence-electron chi connectivity index (χ4n) is 77.9. The molecule has 0 heterocycles. The van der Waals surface area contributed by atoms with Crippen LogP contribution >= 0.6 is 0 Å². The van der Waals surface area contributed by atoms with Gasteiger partial charge in [0.05, 0.1) is 0 Å². The van der Waals surface area contributed by atoms with Crippen LogP contribution in [0.1, 0.15) is 25.7 Å². The van der Waals surface area contributed by atoms with Gasteiger partial charge in [0.15, 0.2) is 0 Å². The van der Waals surface area contributed by atoms with E-state index in [1.807, 2.05) is 25.7 Å². The van der Waals surface area contributed by atoms with Crippen LogP contribution in [0.5, 0.6) is 0 Å². The van der Waals surface area contributed by atoms with E-state index in [0.717, 1.165) is 184 Å². The SMILES string of the molecule is C1C2C3C4C5CC6C7C8C9C%10[C@@H]%11C%12C%13C%14CC%15C%16C%17C%18CC%19C%20C%21C%22C%23C%24C%25C%26C1C21C32C43C56C74C85C96C78C59C34C23C%261C%251C%242C7(C139)C13C%232[C@]%222C%214C%205C%18%19C%177C%169C%15%14C%13%14C9%13C75C45C%134C%12%14[C@]%117C%106C81[C@@]47C532. The van der Waals surface area contributed by atoms with Gasteiger partial charge in [-0.15, -0.1) is 0 Å². The Labute approximate surface area is 372 Å². The van der Waals surface area contributed by atoms with Gasteiger partial charge in [-0.05, 0) is 374 Å². The molecule has 0 aromatic heterocycles. The van der Waals surface area contributed by atoms with Crippen LogP contribution in [0.2, 0.25) is 0 Å². The Morgan fingerprint density at radius 1 is 0.136 bits per heavy atom. The number of hydrogen-bond donors (Lipinski definition) is 0. The molecule has 50 aliphatic rings. The fourth-order valence-corrected chi connectivity index (χ4v) is 77.9. The summed E-state index contributed by atoms with van der Waals surface area (Å²) in [7, 11) is 0. The second kappa shape index (κ2) is 3.00. The molecular formula is C66H34. The zero-order valence-electron chi connectivity index (χ0n) is 35.8. The Morgan fingerprint density at radius 2 is 0.273 bits per heavy atom. The molecule has 0 aromatic rings. The zero-order valence-corrected chi connectivity index (χ0v) is 35.8. The van der Waals surface area contributed by atoms with E-state index in [1.54, 1.807) is 0 Å². The molecule has 0 nitrogen and oxygen atoms in total. The molecule has 50 rings (SSSR count). The van der Waals surface area contributed by atoms with E-state index in [0.29, 0.717) is 0 Å². The third-order valence-corrected chi connectivity index (χ3v) is 59.9. The number of hydrogen-bond acceptors (Lipinski definition) is 0. The van der Waals surface area contributed by atoms with Crippen molar-refractivity contribution in [2.24, 2.45) is 349 Å². The second-order valence-electron chi connectivity index (χ2n) is 43.8. The lowest BCUT2D eigenvalue weighted by atomic mass is 8.28. The van der Waals surface area contributed by atoms with Crippen molar-refractivity contribution in [3.05, 3.63) is 0 Å². The summed E-state index contributed by atoms with van der Waals surface area (Å²) in [5.74, 6) is 37.0. The van der Waals surface area contributed by atoms with Gasteiger partial charge in [-0.3, -0.25) is 0 Å². The molecule has 0 N–H and O–H groups in total. The first-order valence-electron chi connectivity index (χ1n) is 32.9. The van der Waals surface area contributed by atoms with Crippen LogP contribution in [0, 0.1) is 349 Å². The highest BCUT2D eigenvalue weighted by molar-refractivity contribution is 6.22. The largest absolute Gasteiger partial charge is 0.0458 e. The van der Waals surface area contributed by atoms with Gasteiger partial charge in [0.25, 0.3) is 0 Å². The molecule has 0 bridgehead atoms. The van der Waals surface area contributed by atoms with E-state index in [-0.39, 0.29) is 0 Å². The molecule has 50 aliphatic carbocycles. The van der Waals surface area contributed by atoms with Crippen molar-refractivity contribution >= 4 is 0 Å². The molecule has 0 aliphatic heterocycles. The lowest BCUT2D eigenvalue weighted by molar-refractivity contribution is -1.30. The molecule has 0 radical (unpaired) electrons. The zero-order chi connectivity index (χ0) is 35.8. The lowest BCUT2D eigenvalue weighted by Gasteiger charge is -3.74. The molecule has 50 saturated carbocycles. The Kier molecular flexibility index (Phi) is 0.958. The molecule has 66 heavy (non-hydrogen) atoms. The quantitative estimate of drug-likeness (QED) is 0.331. The van der Waals surface area contributed by atoms with Crippen molar-refractivity contribution in [3.63, 3.8) is 0 Å². The smallest absolute Gasteiger partial charge is 0.000370 e. The average Bonchev–Trinajstić information content (AvgIpc) is 0.812. The van der Waals surface area contributed by atoms with Gasteiger partial charge in [0, 0.05) is 0 Å². The molecule has 50 fully saturated rings. The van der Waals surface area contributed by atoms with Crippen LogP contribution in [-0.2, 0) is 0 Å². The maximum absolute atomic E-state index is 1.88. The molecule has 36 spiro atoms. The lowest BCUT2D eigenvalue weighted by Crippen LogP contribution is -3.73. The highest BCUT2D eigenvalue weighted by Crippen LogP contribution is 3.78. The minimum Gasteiger partial charge on any atom is -0.0458 e. The first-order valence-corrected chi connectivity index (χ1v) is 32.9. The van der Waals surface area contributed by atoms with Crippen LogP contribution in [-0.4, -0.2) is 0 Å². The summed E-state index contributed by atoms with van der Waals surface area (Å²) < 4.78 is 0. The van der Waals surface area contributed by atoms with Crippen LogP contribution in [0.15, 0.2) is 0 Å². The topological polar surface area (TPSA) is 0 Å². The third-order valence-electron chi connectivity index (χ3n) is 59.9. The summed E-state index contributed by atoms with van der Waals surface area (Å²) in [6.45, 7) is 0. The predicted molar refractivity (Wildman–Crippen MR) is 197 cm³/mol. The summed E-state index contributed by atoms with van der Waals surface area (Å²) in [5.41, 5.74) is 41.2. The van der Waals surface area contributed by atoms with Gasteiger partial charge >= 0.3 is 0 Å². The first kappa shape index (κ1) is 21.1. The normalized spacial score (nSPS) is 149. The molecular weight excluding hydrogens is 793 g/mol. The van der Waals surface area contributed by atoms with Gasteiger partial charge in [-0.2, -0.15) is 0 Å². The molecule has 62 atom stereocenters.